The van der Waals surface area contributed by atoms with Crippen molar-refractivity contribution >= 4 is 23.2 Å². The van der Waals surface area contributed by atoms with E-state index in [9.17, 15) is 4.79 Å². The normalized spacial score (nSPS) is 22.3. The topological polar surface area (TPSA) is 58.0 Å². The van der Waals surface area contributed by atoms with Gasteiger partial charge in [-0.05, 0) is 32.0 Å². The zero-order valence-electron chi connectivity index (χ0n) is 17.5. The van der Waals surface area contributed by atoms with Crippen LogP contribution in [0.15, 0.2) is 34.6 Å². The lowest BCUT2D eigenvalue weighted by Gasteiger charge is -2.31. The van der Waals surface area contributed by atoms with Crippen molar-refractivity contribution in [1.29, 1.82) is 0 Å². The third-order valence-electron chi connectivity index (χ3n) is 6.50. The first-order valence-corrected chi connectivity index (χ1v) is 11.8. The molecule has 1 aromatic carbocycles. The molecule has 0 N–H and O–H groups in total. The lowest BCUT2D eigenvalue weighted by atomic mass is 9.83. The molecule has 0 amide bonds. The maximum absolute atomic E-state index is 12.5. The summed E-state index contributed by atoms with van der Waals surface area (Å²) >= 11 is 1.72. The van der Waals surface area contributed by atoms with Gasteiger partial charge >= 0.3 is 5.97 Å². The van der Waals surface area contributed by atoms with Gasteiger partial charge in [0.2, 0.25) is 5.90 Å². The minimum Gasteiger partial charge on any atom is -0.405 e. The smallest absolute Gasteiger partial charge is 0.340 e. The van der Waals surface area contributed by atoms with Crippen molar-refractivity contribution in [1.82, 2.24) is 14.8 Å². The van der Waals surface area contributed by atoms with E-state index in [1.54, 1.807) is 11.3 Å². The van der Waals surface area contributed by atoms with Gasteiger partial charge in [-0.15, -0.1) is 11.3 Å². The molecule has 0 unspecified atom stereocenters. The van der Waals surface area contributed by atoms with Crippen LogP contribution in [-0.4, -0.2) is 65.4 Å². The van der Waals surface area contributed by atoms with Crippen LogP contribution in [0, 0.1) is 0 Å². The van der Waals surface area contributed by atoms with Crippen molar-refractivity contribution in [2.45, 2.75) is 44.2 Å². The molecular weight excluding hydrogens is 396 g/mol. The number of hydrogen-bond acceptors (Lipinski definition) is 7. The van der Waals surface area contributed by atoms with E-state index in [1.807, 2.05) is 24.3 Å². The first kappa shape index (κ1) is 19.8. The van der Waals surface area contributed by atoms with E-state index in [1.165, 1.54) is 6.42 Å². The number of piperazine rings is 1. The van der Waals surface area contributed by atoms with Gasteiger partial charge in [0.05, 0.1) is 12.2 Å². The zero-order valence-corrected chi connectivity index (χ0v) is 18.3. The second kappa shape index (κ2) is 8.21. The van der Waals surface area contributed by atoms with Crippen LogP contribution in [0.5, 0.6) is 0 Å². The molecule has 0 radical (unpaired) electrons. The number of benzene rings is 1. The maximum Gasteiger partial charge on any atom is 0.340 e. The average Bonchev–Trinajstić information content (AvgIpc) is 3.36. The number of carbonyl (C=O) groups is 1. The Kier molecular flexibility index (Phi) is 5.43. The van der Waals surface area contributed by atoms with Crippen molar-refractivity contribution in [3.8, 4) is 11.3 Å². The predicted octanol–water partition coefficient (Wildman–Crippen LogP) is 3.56. The second-order valence-electron chi connectivity index (χ2n) is 8.68. The lowest BCUT2D eigenvalue weighted by Crippen LogP contribution is -2.43. The number of cyclic esters (lactones) is 1. The predicted molar refractivity (Wildman–Crippen MR) is 119 cm³/mol. The minimum atomic E-state index is -0.626. The molecule has 2 aromatic rings. The van der Waals surface area contributed by atoms with Gasteiger partial charge in [-0.2, -0.15) is 0 Å². The molecule has 5 rings (SSSR count). The second-order valence-corrected chi connectivity index (χ2v) is 9.62. The van der Waals surface area contributed by atoms with Crippen molar-refractivity contribution in [3.05, 3.63) is 40.2 Å². The highest BCUT2D eigenvalue weighted by Crippen LogP contribution is 2.37. The number of esters is 1. The summed E-state index contributed by atoms with van der Waals surface area (Å²) in [4.78, 5) is 26.9. The van der Waals surface area contributed by atoms with E-state index < -0.39 is 5.54 Å². The van der Waals surface area contributed by atoms with E-state index in [2.05, 4.69) is 22.2 Å². The third kappa shape index (κ3) is 3.94. The number of ether oxygens (including phenoxy) is 1. The first-order chi connectivity index (χ1) is 14.6. The zero-order chi connectivity index (χ0) is 20.6. The van der Waals surface area contributed by atoms with Gasteiger partial charge in [0, 0.05) is 42.7 Å². The average molecular weight is 425 g/mol. The molecule has 1 aliphatic carbocycles. The number of rotatable bonds is 4. The van der Waals surface area contributed by atoms with E-state index in [0.29, 0.717) is 5.90 Å². The molecule has 7 heteroatoms. The van der Waals surface area contributed by atoms with Crippen molar-refractivity contribution in [3.63, 3.8) is 0 Å². The highest BCUT2D eigenvalue weighted by molar-refractivity contribution is 7.09. The Morgan fingerprint density at radius 1 is 1.03 bits per heavy atom. The Morgan fingerprint density at radius 3 is 2.47 bits per heavy atom. The van der Waals surface area contributed by atoms with E-state index in [-0.39, 0.29) is 5.97 Å². The molecule has 0 bridgehead atoms. The number of aromatic nitrogens is 1. The number of carbonyl (C=O) groups excluding carboxylic acids is 1. The standard InChI is InChI=1S/C23H28N4O2S/c1-26-11-13-27(14-12-26)15-20-24-19(16-30-20)17-5-7-18(8-6-17)21-25-23(22(28)29-21)9-3-2-4-10-23/h5-8,16H,2-4,9-15H2,1H3. The van der Waals surface area contributed by atoms with Crippen molar-refractivity contribution in [2.24, 2.45) is 4.99 Å². The Bertz CT molecular complexity index is 938. The molecule has 2 aliphatic heterocycles. The van der Waals surface area contributed by atoms with Crippen LogP contribution in [0.2, 0.25) is 0 Å². The maximum atomic E-state index is 12.5. The van der Waals surface area contributed by atoms with Crippen LogP contribution >= 0.6 is 11.3 Å². The molecule has 0 atom stereocenters. The fourth-order valence-electron chi connectivity index (χ4n) is 4.52. The molecule has 6 nitrogen and oxygen atoms in total. The molecule has 1 aromatic heterocycles. The van der Waals surface area contributed by atoms with Gasteiger partial charge in [0.15, 0.2) is 5.54 Å². The monoisotopic (exact) mass is 424 g/mol. The molecule has 3 aliphatic rings. The summed E-state index contributed by atoms with van der Waals surface area (Å²) in [6.07, 6.45) is 4.89. The highest BCUT2D eigenvalue weighted by atomic mass is 32.1. The van der Waals surface area contributed by atoms with E-state index in [4.69, 9.17) is 14.7 Å². The van der Waals surface area contributed by atoms with Gasteiger partial charge in [0.1, 0.15) is 5.01 Å². The van der Waals surface area contributed by atoms with Gasteiger partial charge in [0.25, 0.3) is 0 Å². The lowest BCUT2D eigenvalue weighted by molar-refractivity contribution is -0.140. The van der Waals surface area contributed by atoms with Crippen LogP contribution in [0.1, 0.15) is 42.7 Å². The Balaban J connectivity index is 1.27. The van der Waals surface area contributed by atoms with Gasteiger partial charge in [-0.3, -0.25) is 4.90 Å². The molecule has 30 heavy (non-hydrogen) atoms. The Labute approximate surface area is 181 Å². The highest BCUT2D eigenvalue weighted by Gasteiger charge is 2.46. The van der Waals surface area contributed by atoms with Gasteiger partial charge < -0.3 is 9.64 Å². The molecule has 2 fully saturated rings. The number of likely N-dealkylation sites (N-methyl/N-ethyl adjacent to an activating group) is 1. The summed E-state index contributed by atoms with van der Waals surface area (Å²) in [6.45, 7) is 5.36. The summed E-state index contributed by atoms with van der Waals surface area (Å²) in [5.74, 6) is 0.303. The van der Waals surface area contributed by atoms with E-state index in [0.717, 1.165) is 80.2 Å². The van der Waals surface area contributed by atoms with Crippen LogP contribution < -0.4 is 0 Å². The quantitative estimate of drug-likeness (QED) is 0.703. The minimum absolute atomic E-state index is 0.172. The molecule has 1 saturated carbocycles. The Morgan fingerprint density at radius 2 is 1.73 bits per heavy atom. The summed E-state index contributed by atoms with van der Waals surface area (Å²) in [7, 11) is 2.18. The van der Waals surface area contributed by atoms with Crippen LogP contribution in [0.3, 0.4) is 0 Å². The largest absolute Gasteiger partial charge is 0.405 e. The summed E-state index contributed by atoms with van der Waals surface area (Å²) < 4.78 is 5.57. The number of hydrogen-bond donors (Lipinski definition) is 0. The summed E-state index contributed by atoms with van der Waals surface area (Å²) in [6, 6.07) is 8.07. The fraction of sp³-hybridized carbons (Fsp3) is 0.522. The summed E-state index contributed by atoms with van der Waals surface area (Å²) in [5.41, 5.74) is 2.32. The Hall–Kier alpha value is -2.09. The number of aliphatic imine (C=N–C) groups is 1. The molecule has 1 saturated heterocycles. The van der Waals surface area contributed by atoms with Gasteiger partial charge in [-0.1, -0.05) is 31.4 Å². The summed E-state index contributed by atoms with van der Waals surface area (Å²) in [5, 5.41) is 3.29. The van der Waals surface area contributed by atoms with Gasteiger partial charge in [-0.25, -0.2) is 14.8 Å². The fourth-order valence-corrected chi connectivity index (χ4v) is 5.36. The van der Waals surface area contributed by atoms with Crippen LogP contribution in [-0.2, 0) is 16.1 Å². The number of thiazole rings is 1. The SMILES string of the molecule is CN1CCN(Cc2nc(-c3ccc(C4=NC5(CCCCC5)C(=O)O4)cc3)cs2)CC1. The van der Waals surface area contributed by atoms with Crippen molar-refractivity contribution < 1.29 is 9.53 Å². The third-order valence-corrected chi connectivity index (χ3v) is 7.33. The molecular formula is C23H28N4O2S. The van der Waals surface area contributed by atoms with Crippen molar-refractivity contribution in [2.75, 3.05) is 33.2 Å². The molecule has 3 heterocycles. The molecule has 158 valence electrons. The number of nitrogens with zero attached hydrogens (tertiary/aromatic N) is 4. The van der Waals surface area contributed by atoms with Crippen LogP contribution in [0.4, 0.5) is 0 Å². The van der Waals surface area contributed by atoms with Crippen LogP contribution in [0.25, 0.3) is 11.3 Å². The first-order valence-electron chi connectivity index (χ1n) is 10.9. The molecule has 1 spiro atoms. The van der Waals surface area contributed by atoms with E-state index >= 15 is 0 Å².